The van der Waals surface area contributed by atoms with E-state index >= 15 is 0 Å². The quantitative estimate of drug-likeness (QED) is 0.597. The van der Waals surface area contributed by atoms with Crippen LogP contribution in [0.15, 0.2) is 30.3 Å². The summed E-state index contributed by atoms with van der Waals surface area (Å²) in [6, 6.07) is 5.27. The fourth-order valence-electron chi connectivity index (χ4n) is 2.92. The highest BCUT2D eigenvalue weighted by Gasteiger charge is 2.61. The Balaban J connectivity index is 1.65. The van der Waals surface area contributed by atoms with Gasteiger partial charge in [0.05, 0.1) is 12.5 Å². The van der Waals surface area contributed by atoms with Crippen LogP contribution in [0.2, 0.25) is 0 Å². The Morgan fingerprint density at radius 2 is 1.75 bits per heavy atom. The molecule has 0 radical (unpaired) electrons. The molecule has 1 aliphatic rings. The highest BCUT2D eigenvalue weighted by molar-refractivity contribution is 5.92. The Morgan fingerprint density at radius 3 is 2.31 bits per heavy atom. The number of aromatic nitrogens is 2. The molecule has 0 aliphatic heterocycles. The molecule has 1 aliphatic carbocycles. The van der Waals surface area contributed by atoms with Crippen molar-refractivity contribution in [3.63, 3.8) is 0 Å². The van der Waals surface area contributed by atoms with Gasteiger partial charge in [-0.3, -0.25) is 9.59 Å². The van der Waals surface area contributed by atoms with Crippen LogP contribution in [0.1, 0.15) is 53.4 Å². The minimum Gasteiger partial charge on any atom is -0.426 e. The number of alkyl halides is 5. The van der Waals surface area contributed by atoms with Crippen LogP contribution < -0.4 is 10.1 Å². The summed E-state index contributed by atoms with van der Waals surface area (Å²) in [5.41, 5.74) is 1.02. The largest absolute Gasteiger partial charge is 0.499 e. The summed E-state index contributed by atoms with van der Waals surface area (Å²) in [5.74, 6) is -0.891. The number of hydrogen-bond donors (Lipinski definition) is 1. The van der Waals surface area contributed by atoms with Crippen molar-refractivity contribution in [3.05, 3.63) is 53.1 Å². The third kappa shape index (κ3) is 5.77. The van der Waals surface area contributed by atoms with Gasteiger partial charge in [0.25, 0.3) is 5.91 Å². The van der Waals surface area contributed by atoms with E-state index in [1.54, 1.807) is 13.8 Å². The molecule has 1 amide bonds. The van der Waals surface area contributed by atoms with Crippen LogP contribution >= 0.6 is 0 Å². The maximum absolute atomic E-state index is 13.0. The molecule has 0 spiro atoms. The number of rotatable bonds is 8. The standard InChI is InChI=1S/C21H20F5N3O3/c1-11-9-16(29-18(27-11)10-17(30)14-3-4-14)19(31)28-12(2)13-5-7-15(8-6-13)32-21(25,26)20(22,23)24/h5-9,12,14H,3-4,10H2,1-2H3,(H,28,31). The zero-order valence-electron chi connectivity index (χ0n) is 17.2. The van der Waals surface area contributed by atoms with Crippen molar-refractivity contribution in [3.8, 4) is 5.75 Å². The van der Waals surface area contributed by atoms with Crippen LogP contribution in [0.25, 0.3) is 0 Å². The number of carbonyl (C=O) groups is 2. The van der Waals surface area contributed by atoms with Crippen molar-refractivity contribution >= 4 is 11.7 Å². The predicted molar refractivity (Wildman–Crippen MR) is 102 cm³/mol. The molecule has 0 bridgehead atoms. The van der Waals surface area contributed by atoms with Crippen LogP contribution in [0.5, 0.6) is 5.75 Å². The zero-order valence-corrected chi connectivity index (χ0v) is 17.2. The van der Waals surface area contributed by atoms with E-state index in [1.165, 1.54) is 18.2 Å². The summed E-state index contributed by atoms with van der Waals surface area (Å²) in [6.45, 7) is 3.27. The first-order chi connectivity index (χ1) is 14.9. The van der Waals surface area contributed by atoms with Crippen molar-refractivity contribution in [2.45, 2.75) is 51.4 Å². The molecule has 1 aromatic heterocycles. The normalized spacial score (nSPS) is 15.2. The number of Topliss-reactive ketones (excluding diaryl/α,β-unsaturated/α-hetero) is 1. The molecule has 1 N–H and O–H groups in total. The van der Waals surface area contributed by atoms with Gasteiger partial charge in [-0.2, -0.15) is 22.0 Å². The summed E-state index contributed by atoms with van der Waals surface area (Å²) in [6.07, 6.45) is -9.41. The van der Waals surface area contributed by atoms with Gasteiger partial charge in [-0.1, -0.05) is 12.1 Å². The SMILES string of the molecule is Cc1cc(C(=O)NC(C)c2ccc(OC(F)(F)C(F)(F)F)cc2)nc(CC(=O)C2CC2)n1. The first kappa shape index (κ1) is 23.6. The number of aryl methyl sites for hydroxylation is 1. The Morgan fingerprint density at radius 1 is 1.12 bits per heavy atom. The first-order valence-electron chi connectivity index (χ1n) is 9.77. The average molecular weight is 457 g/mol. The molecule has 172 valence electrons. The monoisotopic (exact) mass is 457 g/mol. The molecule has 2 aromatic rings. The maximum Gasteiger partial charge on any atom is 0.499 e. The van der Waals surface area contributed by atoms with Gasteiger partial charge in [-0.05, 0) is 50.5 Å². The van der Waals surface area contributed by atoms with Gasteiger partial charge in [0.2, 0.25) is 0 Å². The van der Waals surface area contributed by atoms with Crippen LogP contribution in [-0.4, -0.2) is 33.9 Å². The van der Waals surface area contributed by atoms with E-state index in [0.29, 0.717) is 11.3 Å². The van der Waals surface area contributed by atoms with E-state index in [4.69, 9.17) is 0 Å². The number of carbonyl (C=O) groups excluding carboxylic acids is 2. The molecule has 11 heteroatoms. The van der Waals surface area contributed by atoms with Gasteiger partial charge in [0.1, 0.15) is 23.1 Å². The smallest absolute Gasteiger partial charge is 0.426 e. The molecule has 6 nitrogen and oxygen atoms in total. The number of halogens is 5. The summed E-state index contributed by atoms with van der Waals surface area (Å²) >= 11 is 0. The number of ether oxygens (including phenoxy) is 1. The Kier molecular flexibility index (Phi) is 6.47. The fraction of sp³-hybridized carbons (Fsp3) is 0.429. The van der Waals surface area contributed by atoms with Crippen LogP contribution in [0.3, 0.4) is 0 Å². The average Bonchev–Trinajstić information content (AvgIpc) is 3.52. The number of amides is 1. The number of hydrogen-bond acceptors (Lipinski definition) is 5. The fourth-order valence-corrected chi connectivity index (χ4v) is 2.92. The molecule has 1 fully saturated rings. The van der Waals surface area contributed by atoms with Gasteiger partial charge in [0, 0.05) is 11.6 Å². The summed E-state index contributed by atoms with van der Waals surface area (Å²) in [5, 5.41) is 2.66. The van der Waals surface area contributed by atoms with Crippen molar-refractivity contribution in [1.82, 2.24) is 15.3 Å². The van der Waals surface area contributed by atoms with Gasteiger partial charge in [-0.25, -0.2) is 9.97 Å². The number of benzene rings is 1. The first-order valence-corrected chi connectivity index (χ1v) is 9.77. The van der Waals surface area contributed by atoms with Crippen LogP contribution in [0, 0.1) is 12.8 Å². The topological polar surface area (TPSA) is 81.2 Å². The van der Waals surface area contributed by atoms with Gasteiger partial charge < -0.3 is 10.1 Å². The molecule has 1 atom stereocenters. The third-order valence-corrected chi connectivity index (χ3v) is 4.80. The molecular formula is C21H20F5N3O3. The van der Waals surface area contributed by atoms with Crippen molar-refractivity contribution < 1.29 is 36.3 Å². The maximum atomic E-state index is 13.0. The summed E-state index contributed by atoms with van der Waals surface area (Å²) in [4.78, 5) is 32.9. The van der Waals surface area contributed by atoms with E-state index in [-0.39, 0.29) is 29.6 Å². The van der Waals surface area contributed by atoms with Crippen LogP contribution in [-0.2, 0) is 11.2 Å². The second kappa shape index (κ2) is 8.79. The Bertz CT molecular complexity index is 1000. The molecule has 3 rings (SSSR count). The van der Waals surface area contributed by atoms with Crippen LogP contribution in [0.4, 0.5) is 22.0 Å². The van der Waals surface area contributed by atoms with Gasteiger partial charge in [0.15, 0.2) is 0 Å². The minimum absolute atomic E-state index is 0.0359. The second-order valence-electron chi connectivity index (χ2n) is 7.61. The lowest BCUT2D eigenvalue weighted by atomic mass is 10.1. The van der Waals surface area contributed by atoms with Crippen molar-refractivity contribution in [2.75, 3.05) is 0 Å². The molecule has 1 unspecified atom stereocenters. The Hall–Kier alpha value is -3.11. The molecule has 1 aromatic carbocycles. The molecule has 32 heavy (non-hydrogen) atoms. The lowest BCUT2D eigenvalue weighted by molar-refractivity contribution is -0.360. The lowest BCUT2D eigenvalue weighted by Crippen LogP contribution is -2.41. The highest BCUT2D eigenvalue weighted by atomic mass is 19.4. The van der Waals surface area contributed by atoms with E-state index in [9.17, 15) is 31.5 Å². The molecule has 1 heterocycles. The number of nitrogens with one attached hydrogen (secondary N) is 1. The summed E-state index contributed by atoms with van der Waals surface area (Å²) in [7, 11) is 0. The molecular weight excluding hydrogens is 437 g/mol. The second-order valence-corrected chi connectivity index (χ2v) is 7.61. The Labute approximate surface area is 180 Å². The van der Waals surface area contributed by atoms with E-state index in [2.05, 4.69) is 20.0 Å². The van der Waals surface area contributed by atoms with Gasteiger partial charge in [-0.15, -0.1) is 0 Å². The van der Waals surface area contributed by atoms with Crippen molar-refractivity contribution in [1.29, 1.82) is 0 Å². The third-order valence-electron chi connectivity index (χ3n) is 4.80. The van der Waals surface area contributed by atoms with E-state index in [1.807, 2.05) is 0 Å². The zero-order chi connectivity index (χ0) is 23.7. The van der Waals surface area contributed by atoms with E-state index < -0.39 is 30.0 Å². The summed E-state index contributed by atoms with van der Waals surface area (Å²) < 4.78 is 66.5. The highest BCUT2D eigenvalue weighted by Crippen LogP contribution is 2.37. The van der Waals surface area contributed by atoms with E-state index in [0.717, 1.165) is 25.0 Å². The predicted octanol–water partition coefficient (Wildman–Crippen LogP) is 4.33. The minimum atomic E-state index is -5.84. The molecule has 0 saturated heterocycles. The number of nitrogens with zero attached hydrogens (tertiary/aromatic N) is 2. The number of ketones is 1. The molecule has 1 saturated carbocycles. The van der Waals surface area contributed by atoms with Crippen molar-refractivity contribution in [2.24, 2.45) is 5.92 Å². The lowest BCUT2D eigenvalue weighted by Gasteiger charge is -2.20. The van der Waals surface area contributed by atoms with Gasteiger partial charge >= 0.3 is 12.3 Å².